The van der Waals surface area contributed by atoms with Crippen molar-refractivity contribution in [2.45, 2.75) is 52.6 Å². The molecular formula is C21H29N5O. The maximum Gasteiger partial charge on any atom is 0.257 e. The maximum atomic E-state index is 12.6. The smallest absolute Gasteiger partial charge is 0.257 e. The Morgan fingerprint density at radius 3 is 2.74 bits per heavy atom. The Morgan fingerprint density at radius 2 is 2.07 bits per heavy atom. The van der Waals surface area contributed by atoms with E-state index in [-0.39, 0.29) is 11.9 Å². The Labute approximate surface area is 161 Å². The second-order valence-corrected chi connectivity index (χ2v) is 7.05. The first kappa shape index (κ1) is 19.4. The number of hydrogen-bond donors (Lipinski definition) is 0. The molecule has 0 unspecified atom stereocenters. The van der Waals surface area contributed by atoms with Crippen molar-refractivity contribution in [3.8, 4) is 0 Å². The normalized spacial score (nSPS) is 17.7. The number of pyridine rings is 1. The van der Waals surface area contributed by atoms with Crippen molar-refractivity contribution in [2.75, 3.05) is 19.6 Å². The molecule has 0 spiro atoms. The largest absolute Gasteiger partial charge is 0.339 e. The number of carbonyl (C=O) groups is 1. The van der Waals surface area contributed by atoms with Crippen LogP contribution >= 0.6 is 0 Å². The lowest BCUT2D eigenvalue weighted by molar-refractivity contribution is 0.0770. The molecule has 3 heterocycles. The quantitative estimate of drug-likeness (QED) is 0.783. The van der Waals surface area contributed by atoms with E-state index >= 15 is 0 Å². The fourth-order valence-corrected chi connectivity index (χ4v) is 3.74. The highest BCUT2D eigenvalue weighted by Crippen LogP contribution is 2.30. The zero-order valence-electron chi connectivity index (χ0n) is 16.6. The van der Waals surface area contributed by atoms with Gasteiger partial charge >= 0.3 is 0 Å². The van der Waals surface area contributed by atoms with Crippen molar-refractivity contribution >= 4 is 5.91 Å². The fraction of sp³-hybridized carbons (Fsp3) is 0.524. The predicted octanol–water partition coefficient (Wildman–Crippen LogP) is 3.39. The number of piperidine rings is 1. The standard InChI is InChI=1S/C21H29N5O/c1-4-25(5-2)21(27)18-14-23-20(24-16(18)3)19-10-6-7-12-26(19)15-17-9-8-11-22-13-17/h8-9,11,13-14,19H,4-7,10,12,15H2,1-3H3/t19-/m0/s1. The van der Waals surface area contributed by atoms with Gasteiger partial charge in [0.15, 0.2) is 0 Å². The SMILES string of the molecule is CCN(CC)C(=O)c1cnc([C@@H]2CCCCN2Cc2cccnc2)nc1C. The number of aryl methyl sites for hydroxylation is 1. The summed E-state index contributed by atoms with van der Waals surface area (Å²) in [7, 11) is 0. The van der Waals surface area contributed by atoms with Crippen molar-refractivity contribution in [1.29, 1.82) is 0 Å². The van der Waals surface area contributed by atoms with Crippen molar-refractivity contribution in [2.24, 2.45) is 0 Å². The van der Waals surface area contributed by atoms with Crippen molar-refractivity contribution in [3.63, 3.8) is 0 Å². The molecule has 1 amide bonds. The number of hydrogen-bond acceptors (Lipinski definition) is 5. The molecule has 27 heavy (non-hydrogen) atoms. The van der Waals surface area contributed by atoms with Crippen LogP contribution in [-0.4, -0.2) is 50.3 Å². The molecule has 2 aromatic heterocycles. The Balaban J connectivity index is 1.81. The van der Waals surface area contributed by atoms with Crippen LogP contribution in [0.1, 0.15) is 66.6 Å². The van der Waals surface area contributed by atoms with Gasteiger partial charge in [-0.05, 0) is 51.8 Å². The molecule has 1 atom stereocenters. The summed E-state index contributed by atoms with van der Waals surface area (Å²) >= 11 is 0. The molecule has 1 aliphatic rings. The third-order valence-electron chi connectivity index (χ3n) is 5.30. The summed E-state index contributed by atoms with van der Waals surface area (Å²) in [6.07, 6.45) is 8.85. The molecule has 144 valence electrons. The number of likely N-dealkylation sites (tertiary alicyclic amines) is 1. The van der Waals surface area contributed by atoms with Gasteiger partial charge in [-0.25, -0.2) is 9.97 Å². The lowest BCUT2D eigenvalue weighted by Gasteiger charge is -2.34. The Morgan fingerprint density at radius 1 is 1.26 bits per heavy atom. The second kappa shape index (κ2) is 9.04. The third kappa shape index (κ3) is 4.50. The minimum Gasteiger partial charge on any atom is -0.339 e. The molecule has 2 aromatic rings. The van der Waals surface area contributed by atoms with E-state index in [4.69, 9.17) is 4.98 Å². The van der Waals surface area contributed by atoms with Crippen LogP contribution in [0.25, 0.3) is 0 Å². The van der Waals surface area contributed by atoms with Crippen molar-refractivity contribution < 1.29 is 4.79 Å². The first-order valence-electron chi connectivity index (χ1n) is 9.89. The number of rotatable bonds is 6. The predicted molar refractivity (Wildman–Crippen MR) is 105 cm³/mol. The molecule has 6 nitrogen and oxygen atoms in total. The van der Waals surface area contributed by atoms with E-state index in [1.54, 1.807) is 17.3 Å². The lowest BCUT2D eigenvalue weighted by atomic mass is 10.0. The monoisotopic (exact) mass is 367 g/mol. The number of nitrogens with zero attached hydrogens (tertiary/aromatic N) is 5. The van der Waals surface area contributed by atoms with Crippen molar-refractivity contribution in [3.05, 3.63) is 53.4 Å². The van der Waals surface area contributed by atoms with Gasteiger partial charge in [-0.15, -0.1) is 0 Å². The Hall–Kier alpha value is -2.34. The van der Waals surface area contributed by atoms with E-state index in [1.807, 2.05) is 33.0 Å². The maximum absolute atomic E-state index is 12.6. The summed E-state index contributed by atoms with van der Waals surface area (Å²) in [6, 6.07) is 4.27. The number of amides is 1. The molecule has 0 radical (unpaired) electrons. The van der Waals surface area contributed by atoms with E-state index in [0.29, 0.717) is 18.7 Å². The van der Waals surface area contributed by atoms with E-state index in [0.717, 1.165) is 31.0 Å². The third-order valence-corrected chi connectivity index (χ3v) is 5.30. The molecule has 0 aromatic carbocycles. The second-order valence-electron chi connectivity index (χ2n) is 7.05. The summed E-state index contributed by atoms with van der Waals surface area (Å²) in [4.78, 5) is 30.5. The van der Waals surface area contributed by atoms with Gasteiger partial charge < -0.3 is 4.90 Å². The zero-order valence-corrected chi connectivity index (χ0v) is 16.6. The van der Waals surface area contributed by atoms with Gasteiger partial charge in [0.05, 0.1) is 17.3 Å². The average molecular weight is 367 g/mol. The van der Waals surface area contributed by atoms with Crippen LogP contribution in [0, 0.1) is 6.92 Å². The van der Waals surface area contributed by atoms with Crippen LogP contribution in [0.15, 0.2) is 30.7 Å². The molecule has 6 heteroatoms. The van der Waals surface area contributed by atoms with E-state index in [2.05, 4.69) is 20.9 Å². The Kier molecular flexibility index (Phi) is 6.50. The van der Waals surface area contributed by atoms with Gasteiger partial charge in [0.1, 0.15) is 5.82 Å². The summed E-state index contributed by atoms with van der Waals surface area (Å²) in [6.45, 7) is 9.16. The molecule has 0 saturated carbocycles. The molecular weight excluding hydrogens is 338 g/mol. The van der Waals surface area contributed by atoms with Gasteiger partial charge in [-0.2, -0.15) is 0 Å². The highest BCUT2D eigenvalue weighted by atomic mass is 16.2. The van der Waals surface area contributed by atoms with Gasteiger partial charge in [-0.3, -0.25) is 14.7 Å². The molecule has 1 aliphatic heterocycles. The molecule has 0 aliphatic carbocycles. The number of aromatic nitrogens is 3. The first-order valence-corrected chi connectivity index (χ1v) is 9.89. The van der Waals surface area contributed by atoms with Gasteiger partial charge in [-0.1, -0.05) is 12.5 Å². The average Bonchev–Trinajstić information content (AvgIpc) is 2.70. The first-order chi connectivity index (χ1) is 13.1. The van der Waals surface area contributed by atoms with Crippen LogP contribution in [-0.2, 0) is 6.54 Å². The molecule has 0 N–H and O–H groups in total. The molecule has 0 bridgehead atoms. The van der Waals surface area contributed by atoms with Crippen LogP contribution < -0.4 is 0 Å². The van der Waals surface area contributed by atoms with E-state index < -0.39 is 0 Å². The highest BCUT2D eigenvalue weighted by Gasteiger charge is 2.27. The lowest BCUT2D eigenvalue weighted by Crippen LogP contribution is -2.35. The fourth-order valence-electron chi connectivity index (χ4n) is 3.74. The van der Waals surface area contributed by atoms with Crippen LogP contribution in [0.2, 0.25) is 0 Å². The number of carbonyl (C=O) groups excluding carboxylic acids is 1. The van der Waals surface area contributed by atoms with Crippen molar-refractivity contribution in [1.82, 2.24) is 24.8 Å². The summed E-state index contributed by atoms with van der Waals surface area (Å²) in [5.74, 6) is 0.840. The minimum absolute atomic E-state index is 0.0138. The molecule has 1 fully saturated rings. The van der Waals surface area contributed by atoms with Gasteiger partial charge in [0, 0.05) is 38.2 Å². The van der Waals surface area contributed by atoms with E-state index in [9.17, 15) is 4.79 Å². The van der Waals surface area contributed by atoms with Crippen LogP contribution in [0.5, 0.6) is 0 Å². The van der Waals surface area contributed by atoms with Gasteiger partial charge in [0.2, 0.25) is 0 Å². The van der Waals surface area contributed by atoms with Gasteiger partial charge in [0.25, 0.3) is 5.91 Å². The minimum atomic E-state index is 0.0138. The van der Waals surface area contributed by atoms with E-state index in [1.165, 1.54) is 18.4 Å². The molecule has 1 saturated heterocycles. The zero-order chi connectivity index (χ0) is 19.2. The summed E-state index contributed by atoms with van der Waals surface area (Å²) in [5, 5.41) is 0. The topological polar surface area (TPSA) is 62.2 Å². The van der Waals surface area contributed by atoms with Crippen LogP contribution in [0.3, 0.4) is 0 Å². The summed E-state index contributed by atoms with van der Waals surface area (Å²) < 4.78 is 0. The highest BCUT2D eigenvalue weighted by molar-refractivity contribution is 5.94. The summed E-state index contributed by atoms with van der Waals surface area (Å²) in [5.41, 5.74) is 2.58. The van der Waals surface area contributed by atoms with Crippen LogP contribution in [0.4, 0.5) is 0 Å². The molecule has 3 rings (SSSR count). The Bertz CT molecular complexity index is 760.